The van der Waals surface area contributed by atoms with Gasteiger partial charge in [-0.3, -0.25) is 0 Å². The number of aromatic nitrogens is 3. The van der Waals surface area contributed by atoms with Crippen LogP contribution in [-0.2, 0) is 0 Å². The zero-order chi connectivity index (χ0) is 9.97. The van der Waals surface area contributed by atoms with Gasteiger partial charge in [0, 0.05) is 12.7 Å². The predicted octanol–water partition coefficient (Wildman–Crippen LogP) is 1.86. The first-order valence-corrected chi connectivity index (χ1v) is 4.87. The lowest BCUT2D eigenvalue weighted by Crippen LogP contribution is -2.07. The van der Waals surface area contributed by atoms with Gasteiger partial charge in [0.15, 0.2) is 5.82 Å². The fourth-order valence-corrected chi connectivity index (χ4v) is 1.42. The van der Waals surface area contributed by atoms with E-state index in [1.807, 2.05) is 29.8 Å². The number of nitrogens with zero attached hydrogens (tertiary/aromatic N) is 3. The first-order valence-electron chi connectivity index (χ1n) is 4.87. The molecule has 0 bridgehead atoms. The number of nitrogens with one attached hydrogen (secondary N) is 1. The van der Waals surface area contributed by atoms with Crippen LogP contribution in [0, 0.1) is 6.92 Å². The molecule has 2 heterocycles. The van der Waals surface area contributed by atoms with Crippen LogP contribution >= 0.6 is 0 Å². The number of fused-ring (bicyclic) bond motifs is 1. The molecule has 0 spiro atoms. The van der Waals surface area contributed by atoms with Crippen LogP contribution in [0.25, 0.3) is 5.52 Å². The molecular formula is C10H14N4. The third kappa shape index (κ3) is 1.55. The number of hydrogen-bond donors (Lipinski definition) is 1. The monoisotopic (exact) mass is 190 g/mol. The van der Waals surface area contributed by atoms with E-state index < -0.39 is 0 Å². The molecule has 0 atom stereocenters. The van der Waals surface area contributed by atoms with Gasteiger partial charge < -0.3 is 5.32 Å². The maximum atomic E-state index is 4.37. The van der Waals surface area contributed by atoms with E-state index in [1.54, 1.807) is 0 Å². The number of hydrogen-bond acceptors (Lipinski definition) is 3. The van der Waals surface area contributed by atoms with E-state index in [0.29, 0.717) is 0 Å². The Morgan fingerprint density at radius 3 is 3.14 bits per heavy atom. The van der Waals surface area contributed by atoms with Crippen molar-refractivity contribution in [1.82, 2.24) is 14.6 Å². The Bertz CT molecular complexity index is 433. The molecule has 0 amide bonds. The van der Waals surface area contributed by atoms with Crippen LogP contribution in [-0.4, -0.2) is 21.1 Å². The Hall–Kier alpha value is -1.58. The van der Waals surface area contributed by atoms with Crippen LogP contribution in [0.3, 0.4) is 0 Å². The summed E-state index contributed by atoms with van der Waals surface area (Å²) in [5.41, 5.74) is 1.03. The van der Waals surface area contributed by atoms with Gasteiger partial charge in [0.1, 0.15) is 11.3 Å². The van der Waals surface area contributed by atoms with Gasteiger partial charge in [0.25, 0.3) is 0 Å². The van der Waals surface area contributed by atoms with Crippen molar-refractivity contribution in [2.75, 3.05) is 11.9 Å². The summed E-state index contributed by atoms with van der Waals surface area (Å²) >= 11 is 0. The standard InChI is InChI=1S/C10H14N4/c1-3-6-11-10-9-5-4-7-14(9)13-8(2)12-10/h4-5,7H,3,6H2,1-2H3,(H,11,12,13). The van der Waals surface area contributed by atoms with E-state index in [-0.39, 0.29) is 0 Å². The molecule has 0 saturated heterocycles. The molecule has 0 aliphatic carbocycles. The van der Waals surface area contributed by atoms with E-state index in [0.717, 1.165) is 30.1 Å². The smallest absolute Gasteiger partial charge is 0.154 e. The van der Waals surface area contributed by atoms with Gasteiger partial charge >= 0.3 is 0 Å². The minimum Gasteiger partial charge on any atom is -0.368 e. The molecular weight excluding hydrogens is 176 g/mol. The number of rotatable bonds is 3. The van der Waals surface area contributed by atoms with Gasteiger partial charge in [-0.2, -0.15) is 5.10 Å². The lowest BCUT2D eigenvalue weighted by Gasteiger charge is -2.06. The van der Waals surface area contributed by atoms with Crippen molar-refractivity contribution in [3.8, 4) is 0 Å². The third-order valence-electron chi connectivity index (χ3n) is 2.04. The molecule has 74 valence electrons. The van der Waals surface area contributed by atoms with Crippen LogP contribution in [0.2, 0.25) is 0 Å². The van der Waals surface area contributed by atoms with E-state index >= 15 is 0 Å². The molecule has 0 unspecified atom stereocenters. The minimum absolute atomic E-state index is 0.785. The van der Waals surface area contributed by atoms with Crippen LogP contribution < -0.4 is 5.32 Å². The van der Waals surface area contributed by atoms with Crippen LogP contribution in [0.15, 0.2) is 18.3 Å². The highest BCUT2D eigenvalue weighted by molar-refractivity contribution is 5.67. The second-order valence-corrected chi connectivity index (χ2v) is 3.27. The van der Waals surface area contributed by atoms with Crippen LogP contribution in [0.4, 0.5) is 5.82 Å². The Labute approximate surface area is 83.0 Å². The Kier molecular flexibility index (Phi) is 2.35. The van der Waals surface area contributed by atoms with Crippen molar-refractivity contribution in [2.45, 2.75) is 20.3 Å². The fourth-order valence-electron chi connectivity index (χ4n) is 1.42. The molecule has 2 aromatic rings. The molecule has 0 saturated carbocycles. The molecule has 0 radical (unpaired) electrons. The molecule has 0 aliphatic heterocycles. The Morgan fingerprint density at radius 2 is 2.36 bits per heavy atom. The molecule has 4 nitrogen and oxygen atoms in total. The largest absolute Gasteiger partial charge is 0.368 e. The molecule has 4 heteroatoms. The van der Waals surface area contributed by atoms with Gasteiger partial charge in [0.2, 0.25) is 0 Å². The molecule has 1 N–H and O–H groups in total. The van der Waals surface area contributed by atoms with Gasteiger partial charge in [-0.15, -0.1) is 0 Å². The minimum atomic E-state index is 0.785. The highest BCUT2D eigenvalue weighted by Crippen LogP contribution is 2.13. The topological polar surface area (TPSA) is 42.2 Å². The third-order valence-corrected chi connectivity index (χ3v) is 2.04. The first kappa shape index (κ1) is 8.99. The first-order chi connectivity index (χ1) is 6.81. The zero-order valence-corrected chi connectivity index (χ0v) is 8.49. The highest BCUT2D eigenvalue weighted by Gasteiger charge is 2.03. The van der Waals surface area contributed by atoms with Crippen molar-refractivity contribution in [3.63, 3.8) is 0 Å². The lowest BCUT2D eigenvalue weighted by atomic mass is 10.4. The fraction of sp³-hybridized carbons (Fsp3) is 0.400. The summed E-state index contributed by atoms with van der Waals surface area (Å²) in [4.78, 5) is 4.37. The maximum absolute atomic E-state index is 4.37. The summed E-state index contributed by atoms with van der Waals surface area (Å²) in [6.45, 7) is 4.98. The Balaban J connectivity index is 2.44. The van der Waals surface area contributed by atoms with Gasteiger partial charge in [-0.25, -0.2) is 9.50 Å². The van der Waals surface area contributed by atoms with Gasteiger partial charge in [0.05, 0.1) is 0 Å². The van der Waals surface area contributed by atoms with Crippen molar-refractivity contribution in [3.05, 3.63) is 24.2 Å². The molecule has 0 aromatic carbocycles. The van der Waals surface area contributed by atoms with E-state index in [1.165, 1.54) is 0 Å². The summed E-state index contributed by atoms with van der Waals surface area (Å²) in [7, 11) is 0. The van der Waals surface area contributed by atoms with Crippen molar-refractivity contribution in [1.29, 1.82) is 0 Å². The second-order valence-electron chi connectivity index (χ2n) is 3.27. The van der Waals surface area contributed by atoms with Crippen molar-refractivity contribution in [2.24, 2.45) is 0 Å². The van der Waals surface area contributed by atoms with Crippen molar-refractivity contribution < 1.29 is 0 Å². The molecule has 2 rings (SSSR count). The van der Waals surface area contributed by atoms with E-state index in [2.05, 4.69) is 22.3 Å². The SMILES string of the molecule is CCCNc1nc(C)nn2cccc12. The Morgan fingerprint density at radius 1 is 1.50 bits per heavy atom. The summed E-state index contributed by atoms with van der Waals surface area (Å²) in [6.07, 6.45) is 3.02. The van der Waals surface area contributed by atoms with E-state index in [4.69, 9.17) is 0 Å². The van der Waals surface area contributed by atoms with Crippen LogP contribution in [0.1, 0.15) is 19.2 Å². The molecule has 2 aromatic heterocycles. The molecule has 14 heavy (non-hydrogen) atoms. The molecule has 0 aliphatic rings. The summed E-state index contributed by atoms with van der Waals surface area (Å²) in [5.74, 6) is 1.71. The van der Waals surface area contributed by atoms with E-state index in [9.17, 15) is 0 Å². The summed E-state index contributed by atoms with van der Waals surface area (Å²) < 4.78 is 1.85. The van der Waals surface area contributed by atoms with Crippen molar-refractivity contribution >= 4 is 11.3 Å². The number of anilines is 1. The normalized spacial score (nSPS) is 10.7. The second kappa shape index (κ2) is 3.65. The highest BCUT2D eigenvalue weighted by atomic mass is 15.3. The molecule has 0 fully saturated rings. The predicted molar refractivity (Wildman–Crippen MR) is 56.5 cm³/mol. The summed E-state index contributed by atoms with van der Waals surface area (Å²) in [5, 5.41) is 7.56. The van der Waals surface area contributed by atoms with Gasteiger partial charge in [-0.1, -0.05) is 6.92 Å². The average Bonchev–Trinajstić information content (AvgIpc) is 2.61. The zero-order valence-electron chi connectivity index (χ0n) is 8.49. The summed E-state index contributed by atoms with van der Waals surface area (Å²) in [6, 6.07) is 3.98. The number of aryl methyl sites for hydroxylation is 1. The van der Waals surface area contributed by atoms with Crippen LogP contribution in [0.5, 0.6) is 0 Å². The quantitative estimate of drug-likeness (QED) is 0.803. The van der Waals surface area contributed by atoms with Gasteiger partial charge in [-0.05, 0) is 25.5 Å². The average molecular weight is 190 g/mol. The lowest BCUT2D eigenvalue weighted by molar-refractivity contribution is 0.851. The maximum Gasteiger partial charge on any atom is 0.154 e.